The second kappa shape index (κ2) is 12.1. The molecule has 5 rings (SSSR count). The molecule has 0 unspecified atom stereocenters. The quantitative estimate of drug-likeness (QED) is 0.306. The summed E-state index contributed by atoms with van der Waals surface area (Å²) in [6.07, 6.45) is 3.06. The lowest BCUT2D eigenvalue weighted by atomic mass is 9.88. The molecule has 1 saturated heterocycles. The maximum Gasteiger partial charge on any atom is 0.223 e. The zero-order chi connectivity index (χ0) is 25.5. The Kier molecular flexibility index (Phi) is 8.21. The van der Waals surface area contributed by atoms with Crippen LogP contribution in [0.5, 0.6) is 0 Å². The Bertz CT molecular complexity index is 1230. The number of hydrogen-bond donors (Lipinski definition) is 1. The maximum absolute atomic E-state index is 13.1. The monoisotopic (exact) mass is 514 g/mol. The number of nitrogens with one attached hydrogen (secondary N) is 1. The first kappa shape index (κ1) is 25.1. The minimum absolute atomic E-state index is 0.0229. The lowest BCUT2D eigenvalue weighted by molar-refractivity contribution is -0.125. The Morgan fingerprint density at radius 3 is 2.19 bits per heavy atom. The van der Waals surface area contributed by atoms with Gasteiger partial charge in [0.1, 0.15) is 11.6 Å². The summed E-state index contributed by atoms with van der Waals surface area (Å²) in [5.41, 5.74) is 3.53. The van der Waals surface area contributed by atoms with Gasteiger partial charge in [0.2, 0.25) is 11.0 Å². The smallest absolute Gasteiger partial charge is 0.223 e. The number of anilines is 1. The Morgan fingerprint density at radius 1 is 0.946 bits per heavy atom. The van der Waals surface area contributed by atoms with Crippen LogP contribution in [0.1, 0.15) is 47.7 Å². The topological polar surface area (TPSA) is 58.1 Å². The van der Waals surface area contributed by atoms with Crippen LogP contribution < -0.4 is 10.2 Å². The van der Waals surface area contributed by atoms with Gasteiger partial charge in [0.15, 0.2) is 0 Å². The van der Waals surface area contributed by atoms with Crippen molar-refractivity contribution in [1.82, 2.24) is 14.7 Å². The SMILES string of the molecule is O=C(NCCC(c1ccccc1)c1ccccc1)C1CCN(c2nc(Cc3ccc(F)cc3)ns2)CC1. The van der Waals surface area contributed by atoms with Gasteiger partial charge in [0, 0.05) is 49.4 Å². The number of aromatic nitrogens is 2. The van der Waals surface area contributed by atoms with Crippen LogP contribution >= 0.6 is 11.5 Å². The number of amides is 1. The van der Waals surface area contributed by atoms with E-state index in [1.165, 1.54) is 34.8 Å². The van der Waals surface area contributed by atoms with E-state index in [0.29, 0.717) is 13.0 Å². The summed E-state index contributed by atoms with van der Waals surface area (Å²) in [4.78, 5) is 19.9. The summed E-state index contributed by atoms with van der Waals surface area (Å²) in [6.45, 7) is 2.23. The third-order valence-electron chi connectivity index (χ3n) is 7.01. The lowest BCUT2D eigenvalue weighted by Gasteiger charge is -2.30. The van der Waals surface area contributed by atoms with Crippen LogP contribution in [0.2, 0.25) is 0 Å². The summed E-state index contributed by atoms with van der Waals surface area (Å²) in [5.74, 6) is 0.933. The number of carbonyl (C=O) groups is 1. The molecular formula is C30H31FN4OS. The first-order chi connectivity index (χ1) is 18.2. The Morgan fingerprint density at radius 2 is 1.57 bits per heavy atom. The molecule has 0 radical (unpaired) electrons. The van der Waals surface area contributed by atoms with E-state index in [2.05, 4.69) is 68.1 Å². The van der Waals surface area contributed by atoms with Gasteiger partial charge in [-0.1, -0.05) is 72.8 Å². The number of piperidine rings is 1. The lowest BCUT2D eigenvalue weighted by Crippen LogP contribution is -2.41. The van der Waals surface area contributed by atoms with Gasteiger partial charge in [-0.05, 0) is 48.1 Å². The molecule has 0 saturated carbocycles. The molecule has 5 nitrogen and oxygen atoms in total. The first-order valence-electron chi connectivity index (χ1n) is 12.9. The van der Waals surface area contributed by atoms with E-state index in [1.807, 2.05) is 12.1 Å². The van der Waals surface area contributed by atoms with Crippen LogP contribution in [-0.4, -0.2) is 34.9 Å². The van der Waals surface area contributed by atoms with Crippen molar-refractivity contribution in [1.29, 1.82) is 0 Å². The van der Waals surface area contributed by atoms with Crippen molar-refractivity contribution in [3.8, 4) is 0 Å². The standard InChI is InChI=1S/C30H31FN4OS/c31-26-13-11-22(12-14-26)21-28-33-30(37-34-28)35-19-16-25(17-20-35)29(36)32-18-15-27(23-7-3-1-4-8-23)24-9-5-2-6-10-24/h1-14,25,27H,15-21H2,(H,32,36). The van der Waals surface area contributed by atoms with Gasteiger partial charge in [0.25, 0.3) is 0 Å². The Balaban J connectivity index is 1.10. The molecule has 1 fully saturated rings. The summed E-state index contributed by atoms with van der Waals surface area (Å²) in [5, 5.41) is 4.10. The van der Waals surface area contributed by atoms with E-state index < -0.39 is 0 Å². The molecule has 1 aliphatic rings. The van der Waals surface area contributed by atoms with Gasteiger partial charge in [-0.25, -0.2) is 9.37 Å². The molecular weight excluding hydrogens is 483 g/mol. The fourth-order valence-electron chi connectivity index (χ4n) is 4.94. The van der Waals surface area contributed by atoms with Crippen LogP contribution in [0.15, 0.2) is 84.9 Å². The number of benzene rings is 3. The summed E-state index contributed by atoms with van der Waals surface area (Å²) < 4.78 is 17.6. The predicted octanol–water partition coefficient (Wildman–Crippen LogP) is 5.82. The van der Waals surface area contributed by atoms with E-state index in [1.54, 1.807) is 12.1 Å². The molecule has 0 aliphatic carbocycles. The van der Waals surface area contributed by atoms with Crippen molar-refractivity contribution < 1.29 is 9.18 Å². The molecule has 2 heterocycles. The highest BCUT2D eigenvalue weighted by Gasteiger charge is 2.27. The number of halogens is 1. The zero-order valence-electron chi connectivity index (χ0n) is 20.7. The van der Waals surface area contributed by atoms with Crippen LogP contribution in [0.25, 0.3) is 0 Å². The summed E-state index contributed by atoms with van der Waals surface area (Å²) in [6, 6.07) is 27.4. The van der Waals surface area contributed by atoms with Crippen molar-refractivity contribution in [2.45, 2.75) is 31.6 Å². The van der Waals surface area contributed by atoms with E-state index >= 15 is 0 Å². The van der Waals surface area contributed by atoms with Gasteiger partial charge < -0.3 is 10.2 Å². The molecule has 4 aromatic rings. The van der Waals surface area contributed by atoms with Crippen molar-refractivity contribution in [2.24, 2.45) is 5.92 Å². The highest BCUT2D eigenvalue weighted by Crippen LogP contribution is 2.28. The number of carbonyl (C=O) groups excluding carboxylic acids is 1. The average molecular weight is 515 g/mol. The van der Waals surface area contributed by atoms with Gasteiger partial charge in [-0.3, -0.25) is 4.79 Å². The fraction of sp³-hybridized carbons (Fsp3) is 0.300. The zero-order valence-corrected chi connectivity index (χ0v) is 21.5. The summed E-state index contributed by atoms with van der Waals surface area (Å²) in [7, 11) is 0. The number of hydrogen-bond acceptors (Lipinski definition) is 5. The molecule has 1 aromatic heterocycles. The largest absolute Gasteiger partial charge is 0.356 e. The average Bonchev–Trinajstić information content (AvgIpc) is 3.42. The normalized spacial score (nSPS) is 14.2. The predicted molar refractivity (Wildman–Crippen MR) is 146 cm³/mol. The van der Waals surface area contributed by atoms with Crippen LogP contribution in [-0.2, 0) is 11.2 Å². The summed E-state index contributed by atoms with van der Waals surface area (Å²) >= 11 is 1.39. The van der Waals surface area contributed by atoms with Gasteiger partial charge in [-0.15, -0.1) is 0 Å². The van der Waals surface area contributed by atoms with Crippen LogP contribution in [0, 0.1) is 11.7 Å². The van der Waals surface area contributed by atoms with Crippen molar-refractivity contribution in [3.63, 3.8) is 0 Å². The highest BCUT2D eigenvalue weighted by atomic mass is 32.1. The Labute approximate surface area is 221 Å². The van der Waals surface area contributed by atoms with Crippen LogP contribution in [0.3, 0.4) is 0 Å². The molecule has 7 heteroatoms. The van der Waals surface area contributed by atoms with Crippen LogP contribution in [0.4, 0.5) is 9.52 Å². The van der Waals surface area contributed by atoms with E-state index in [4.69, 9.17) is 0 Å². The molecule has 0 spiro atoms. The second-order valence-electron chi connectivity index (χ2n) is 9.51. The third-order valence-corrected chi connectivity index (χ3v) is 7.82. The Hall–Kier alpha value is -3.58. The number of nitrogens with zero attached hydrogens (tertiary/aromatic N) is 3. The van der Waals surface area contributed by atoms with Gasteiger partial charge in [0.05, 0.1) is 0 Å². The molecule has 37 heavy (non-hydrogen) atoms. The molecule has 1 amide bonds. The van der Waals surface area contributed by atoms with E-state index in [9.17, 15) is 9.18 Å². The fourth-order valence-corrected chi connectivity index (χ4v) is 5.68. The molecule has 0 atom stereocenters. The van der Waals surface area contributed by atoms with E-state index in [-0.39, 0.29) is 23.6 Å². The molecule has 190 valence electrons. The highest BCUT2D eigenvalue weighted by molar-refractivity contribution is 7.09. The maximum atomic E-state index is 13.1. The minimum atomic E-state index is -0.241. The molecule has 0 bridgehead atoms. The first-order valence-corrected chi connectivity index (χ1v) is 13.6. The van der Waals surface area contributed by atoms with E-state index in [0.717, 1.165) is 48.9 Å². The van der Waals surface area contributed by atoms with Crippen molar-refractivity contribution in [2.75, 3.05) is 24.5 Å². The van der Waals surface area contributed by atoms with Gasteiger partial charge >= 0.3 is 0 Å². The molecule has 1 aliphatic heterocycles. The molecule has 1 N–H and O–H groups in total. The third kappa shape index (κ3) is 6.60. The number of rotatable bonds is 9. The van der Waals surface area contributed by atoms with Crippen molar-refractivity contribution >= 4 is 22.6 Å². The minimum Gasteiger partial charge on any atom is -0.356 e. The van der Waals surface area contributed by atoms with Crippen molar-refractivity contribution in [3.05, 3.63) is 113 Å². The van der Waals surface area contributed by atoms with Gasteiger partial charge in [-0.2, -0.15) is 4.37 Å². The molecule has 3 aromatic carbocycles. The second-order valence-corrected chi connectivity index (χ2v) is 10.2.